The molecule has 0 aliphatic rings. The van der Waals surface area contributed by atoms with Crippen molar-refractivity contribution in [1.82, 2.24) is 14.8 Å². The fraction of sp³-hybridized carbons (Fsp3) is 0.364. The van der Waals surface area contributed by atoms with Crippen molar-refractivity contribution in [3.63, 3.8) is 0 Å². The highest BCUT2D eigenvalue weighted by Gasteiger charge is 2.23. The molecule has 0 fully saturated rings. The van der Waals surface area contributed by atoms with Gasteiger partial charge in [-0.2, -0.15) is 0 Å². The minimum absolute atomic E-state index is 0.129. The van der Waals surface area contributed by atoms with Crippen LogP contribution in [0, 0.1) is 13.8 Å². The van der Waals surface area contributed by atoms with Crippen molar-refractivity contribution < 1.29 is 19.1 Å². The summed E-state index contributed by atoms with van der Waals surface area (Å²) in [6, 6.07) is 7.78. The van der Waals surface area contributed by atoms with Crippen LogP contribution in [0.25, 0.3) is 0 Å². The van der Waals surface area contributed by atoms with Gasteiger partial charge in [-0.05, 0) is 38.0 Å². The quantitative estimate of drug-likeness (QED) is 0.368. The van der Waals surface area contributed by atoms with Gasteiger partial charge >= 0.3 is 5.97 Å². The van der Waals surface area contributed by atoms with Crippen LogP contribution in [0.1, 0.15) is 39.1 Å². The lowest BCUT2D eigenvalue weighted by molar-refractivity contribution is -0.113. The fourth-order valence-electron chi connectivity index (χ4n) is 3.08. The number of esters is 1. The molecule has 2 heterocycles. The summed E-state index contributed by atoms with van der Waals surface area (Å²) in [5, 5.41) is 12.3. The third-order valence-electron chi connectivity index (χ3n) is 4.85. The molecule has 1 aromatic carbocycles. The van der Waals surface area contributed by atoms with Crippen LogP contribution in [0.15, 0.2) is 29.4 Å². The fourth-order valence-corrected chi connectivity index (χ4v) is 4.96. The number of hydrogen-bond donors (Lipinski definition) is 1. The van der Waals surface area contributed by atoms with Crippen LogP contribution in [-0.4, -0.2) is 39.5 Å². The van der Waals surface area contributed by atoms with Crippen LogP contribution >= 0.6 is 23.1 Å². The van der Waals surface area contributed by atoms with E-state index in [0.717, 1.165) is 21.8 Å². The van der Waals surface area contributed by atoms with Crippen molar-refractivity contribution in [2.24, 2.45) is 7.05 Å². The van der Waals surface area contributed by atoms with E-state index >= 15 is 0 Å². The molecule has 0 atom stereocenters. The number of ether oxygens (including phenoxy) is 2. The van der Waals surface area contributed by atoms with Gasteiger partial charge in [-0.25, -0.2) is 4.79 Å². The predicted molar refractivity (Wildman–Crippen MR) is 126 cm³/mol. The highest BCUT2D eigenvalue weighted by Crippen LogP contribution is 2.34. The number of methoxy groups -OCH3 is 1. The van der Waals surface area contributed by atoms with Gasteiger partial charge in [-0.3, -0.25) is 4.79 Å². The standard InChI is InChI=1S/C22H26N4O4S2/c1-6-16-14(3)32-20(19(16)21(28)29-5)23-18(27)12-31-22-25-24-17(26(22)4)11-30-15-9-7-13(2)8-10-15/h7-10H,6,11-12H2,1-5H3,(H,23,27). The molecule has 0 saturated heterocycles. The van der Waals surface area contributed by atoms with Crippen molar-refractivity contribution in [3.05, 3.63) is 51.7 Å². The Labute approximate surface area is 195 Å². The summed E-state index contributed by atoms with van der Waals surface area (Å²) in [5.74, 6) is 0.864. The van der Waals surface area contributed by atoms with E-state index in [2.05, 4.69) is 15.5 Å². The molecule has 0 spiro atoms. The van der Waals surface area contributed by atoms with Gasteiger partial charge in [0.15, 0.2) is 11.0 Å². The summed E-state index contributed by atoms with van der Waals surface area (Å²) >= 11 is 2.65. The van der Waals surface area contributed by atoms with Crippen molar-refractivity contribution >= 4 is 40.0 Å². The van der Waals surface area contributed by atoms with E-state index < -0.39 is 5.97 Å². The van der Waals surface area contributed by atoms with E-state index in [9.17, 15) is 9.59 Å². The molecule has 1 N–H and O–H groups in total. The molecule has 3 rings (SSSR count). The van der Waals surface area contributed by atoms with Crippen LogP contribution in [0.2, 0.25) is 0 Å². The zero-order valence-corrected chi connectivity index (χ0v) is 20.4. The van der Waals surface area contributed by atoms with Gasteiger partial charge in [-0.1, -0.05) is 36.4 Å². The Morgan fingerprint density at radius 3 is 2.56 bits per heavy atom. The van der Waals surface area contributed by atoms with Gasteiger partial charge in [0.1, 0.15) is 17.4 Å². The number of aromatic nitrogens is 3. The van der Waals surface area contributed by atoms with E-state index in [4.69, 9.17) is 9.47 Å². The highest BCUT2D eigenvalue weighted by atomic mass is 32.2. The number of rotatable bonds is 9. The number of nitrogens with one attached hydrogen (secondary N) is 1. The second kappa shape index (κ2) is 10.6. The molecule has 0 unspecified atom stereocenters. The van der Waals surface area contributed by atoms with E-state index in [1.165, 1.54) is 30.2 Å². The molecule has 8 nitrogen and oxygen atoms in total. The van der Waals surface area contributed by atoms with Crippen LogP contribution in [0.3, 0.4) is 0 Å². The van der Waals surface area contributed by atoms with E-state index in [1.807, 2.05) is 52.1 Å². The number of benzene rings is 1. The minimum Gasteiger partial charge on any atom is -0.486 e. The number of nitrogens with zero attached hydrogens (tertiary/aromatic N) is 3. The first-order valence-electron chi connectivity index (χ1n) is 10.0. The van der Waals surface area contributed by atoms with Gasteiger partial charge in [0.05, 0.1) is 18.4 Å². The number of thioether (sulfide) groups is 1. The van der Waals surface area contributed by atoms with E-state index in [1.54, 1.807) is 4.57 Å². The summed E-state index contributed by atoms with van der Waals surface area (Å²) in [6.07, 6.45) is 0.684. The summed E-state index contributed by atoms with van der Waals surface area (Å²) in [7, 11) is 3.17. The summed E-state index contributed by atoms with van der Waals surface area (Å²) in [4.78, 5) is 25.8. The average molecular weight is 475 g/mol. The maximum absolute atomic E-state index is 12.6. The first kappa shape index (κ1) is 23.8. The number of carbonyl (C=O) groups is 2. The normalized spacial score (nSPS) is 10.8. The molecule has 3 aromatic rings. The first-order valence-corrected chi connectivity index (χ1v) is 11.8. The molecule has 0 radical (unpaired) electrons. The Morgan fingerprint density at radius 1 is 1.19 bits per heavy atom. The Balaban J connectivity index is 1.60. The van der Waals surface area contributed by atoms with Gasteiger partial charge in [0, 0.05) is 11.9 Å². The smallest absolute Gasteiger partial charge is 0.341 e. The first-order chi connectivity index (χ1) is 15.3. The molecule has 10 heteroatoms. The van der Waals surface area contributed by atoms with Gasteiger partial charge in [0.25, 0.3) is 0 Å². The molecular weight excluding hydrogens is 448 g/mol. The van der Waals surface area contributed by atoms with Crippen LogP contribution < -0.4 is 10.1 Å². The van der Waals surface area contributed by atoms with Crippen LogP contribution in [0.4, 0.5) is 5.00 Å². The minimum atomic E-state index is -0.444. The second-order valence-corrected chi connectivity index (χ2v) is 9.25. The maximum atomic E-state index is 12.6. The van der Waals surface area contributed by atoms with E-state index in [-0.39, 0.29) is 18.3 Å². The molecular formula is C22H26N4O4S2. The molecule has 170 valence electrons. The third kappa shape index (κ3) is 5.49. The highest BCUT2D eigenvalue weighted by molar-refractivity contribution is 7.99. The lowest BCUT2D eigenvalue weighted by Gasteiger charge is -2.08. The number of aryl methyl sites for hydroxylation is 2. The molecule has 2 aromatic heterocycles. The number of carbonyl (C=O) groups excluding carboxylic acids is 2. The topological polar surface area (TPSA) is 95.3 Å². The van der Waals surface area contributed by atoms with Gasteiger partial charge in [0.2, 0.25) is 5.91 Å². The second-order valence-electron chi connectivity index (χ2n) is 7.08. The molecule has 1 amide bonds. The molecule has 0 saturated carbocycles. The predicted octanol–water partition coefficient (Wildman–Crippen LogP) is 4.15. The van der Waals surface area contributed by atoms with Crippen molar-refractivity contribution in [2.45, 2.75) is 39.0 Å². The summed E-state index contributed by atoms with van der Waals surface area (Å²) in [5.41, 5.74) is 2.50. The lowest BCUT2D eigenvalue weighted by Crippen LogP contribution is -2.16. The monoisotopic (exact) mass is 474 g/mol. The van der Waals surface area contributed by atoms with Gasteiger partial charge < -0.3 is 19.4 Å². The Morgan fingerprint density at radius 2 is 1.91 bits per heavy atom. The lowest BCUT2D eigenvalue weighted by atomic mass is 10.1. The summed E-state index contributed by atoms with van der Waals surface area (Å²) < 4.78 is 12.5. The zero-order valence-electron chi connectivity index (χ0n) is 18.7. The maximum Gasteiger partial charge on any atom is 0.341 e. The van der Waals surface area contributed by atoms with Crippen LogP contribution in [-0.2, 0) is 29.6 Å². The van der Waals surface area contributed by atoms with Crippen LogP contribution in [0.5, 0.6) is 5.75 Å². The van der Waals surface area contributed by atoms with E-state index in [0.29, 0.717) is 28.0 Å². The Bertz CT molecular complexity index is 1110. The summed E-state index contributed by atoms with van der Waals surface area (Å²) in [6.45, 7) is 6.19. The van der Waals surface area contributed by atoms with Crippen molar-refractivity contribution in [2.75, 3.05) is 18.2 Å². The number of hydrogen-bond acceptors (Lipinski definition) is 8. The zero-order chi connectivity index (χ0) is 23.3. The Hall–Kier alpha value is -2.85. The number of anilines is 1. The number of amides is 1. The average Bonchev–Trinajstić information content (AvgIpc) is 3.29. The molecule has 0 aliphatic heterocycles. The molecule has 32 heavy (non-hydrogen) atoms. The SMILES string of the molecule is CCc1c(C)sc(NC(=O)CSc2nnc(COc3ccc(C)cc3)n2C)c1C(=O)OC. The Kier molecular flexibility index (Phi) is 7.92. The van der Waals surface area contributed by atoms with Gasteiger partial charge in [-0.15, -0.1) is 21.5 Å². The molecule has 0 bridgehead atoms. The third-order valence-corrected chi connectivity index (χ3v) is 6.93. The van der Waals surface area contributed by atoms with Crippen molar-refractivity contribution in [3.8, 4) is 5.75 Å². The van der Waals surface area contributed by atoms with Crippen molar-refractivity contribution in [1.29, 1.82) is 0 Å². The molecule has 0 aliphatic carbocycles. The number of thiophene rings is 1. The largest absolute Gasteiger partial charge is 0.486 e.